The molecule has 0 atom stereocenters. The summed E-state index contributed by atoms with van der Waals surface area (Å²) in [6.45, 7) is 5.21. The first-order valence-electron chi connectivity index (χ1n) is 5.99. The molecule has 0 unspecified atom stereocenters. The first kappa shape index (κ1) is 11.8. The largest absolute Gasteiger partial charge is 0.310 e. The molecule has 1 heterocycles. The van der Waals surface area contributed by atoms with E-state index in [1.807, 2.05) is 24.4 Å². The maximum atomic E-state index is 4.36. The Bertz CT molecular complexity index is 463. The Labute approximate surface area is 103 Å². The van der Waals surface area contributed by atoms with E-state index >= 15 is 0 Å². The normalized spacial score (nSPS) is 10.8. The molecule has 0 spiro atoms. The SMILES string of the molecule is CC(C)NCc1cccc(-c2ccccn2)c1. The summed E-state index contributed by atoms with van der Waals surface area (Å²) < 4.78 is 0. The summed E-state index contributed by atoms with van der Waals surface area (Å²) in [5.41, 5.74) is 3.49. The number of hydrogen-bond acceptors (Lipinski definition) is 2. The summed E-state index contributed by atoms with van der Waals surface area (Å²) in [5, 5.41) is 3.42. The molecule has 2 rings (SSSR count). The summed E-state index contributed by atoms with van der Waals surface area (Å²) in [5.74, 6) is 0. The van der Waals surface area contributed by atoms with Gasteiger partial charge in [0.1, 0.15) is 0 Å². The molecule has 1 aromatic carbocycles. The number of nitrogens with one attached hydrogen (secondary N) is 1. The third-order valence-electron chi connectivity index (χ3n) is 2.60. The van der Waals surface area contributed by atoms with Crippen LogP contribution in [0.2, 0.25) is 0 Å². The highest BCUT2D eigenvalue weighted by Crippen LogP contribution is 2.17. The molecule has 0 saturated heterocycles. The zero-order chi connectivity index (χ0) is 12.1. The molecule has 88 valence electrons. The van der Waals surface area contributed by atoms with Crippen LogP contribution in [0.25, 0.3) is 11.3 Å². The second-order valence-electron chi connectivity index (χ2n) is 4.45. The lowest BCUT2D eigenvalue weighted by Crippen LogP contribution is -2.21. The zero-order valence-corrected chi connectivity index (χ0v) is 10.4. The van der Waals surface area contributed by atoms with Crippen LogP contribution in [0.5, 0.6) is 0 Å². The van der Waals surface area contributed by atoms with Gasteiger partial charge in [-0.3, -0.25) is 4.98 Å². The highest BCUT2D eigenvalue weighted by molar-refractivity contribution is 5.59. The summed E-state index contributed by atoms with van der Waals surface area (Å²) in [6, 6.07) is 15.0. The van der Waals surface area contributed by atoms with Gasteiger partial charge in [0.2, 0.25) is 0 Å². The maximum absolute atomic E-state index is 4.36. The van der Waals surface area contributed by atoms with Gasteiger partial charge in [0, 0.05) is 24.3 Å². The van der Waals surface area contributed by atoms with Crippen molar-refractivity contribution in [1.29, 1.82) is 0 Å². The molecule has 0 aliphatic rings. The van der Waals surface area contributed by atoms with E-state index in [0.29, 0.717) is 6.04 Å². The maximum Gasteiger partial charge on any atom is 0.0702 e. The van der Waals surface area contributed by atoms with Crippen molar-refractivity contribution in [2.45, 2.75) is 26.4 Å². The number of benzene rings is 1. The summed E-state index contributed by atoms with van der Waals surface area (Å²) >= 11 is 0. The monoisotopic (exact) mass is 226 g/mol. The van der Waals surface area contributed by atoms with Crippen molar-refractivity contribution in [3.63, 3.8) is 0 Å². The fourth-order valence-corrected chi connectivity index (χ4v) is 1.70. The highest BCUT2D eigenvalue weighted by atomic mass is 14.9. The lowest BCUT2D eigenvalue weighted by Gasteiger charge is -2.09. The van der Waals surface area contributed by atoms with Gasteiger partial charge in [-0.1, -0.05) is 38.1 Å². The van der Waals surface area contributed by atoms with Crippen molar-refractivity contribution in [1.82, 2.24) is 10.3 Å². The third-order valence-corrected chi connectivity index (χ3v) is 2.60. The highest BCUT2D eigenvalue weighted by Gasteiger charge is 2.00. The standard InChI is InChI=1S/C15H18N2/c1-12(2)17-11-13-6-5-7-14(10-13)15-8-3-4-9-16-15/h3-10,12,17H,11H2,1-2H3. The van der Waals surface area contributed by atoms with Crippen LogP contribution in [0.4, 0.5) is 0 Å². The second kappa shape index (κ2) is 5.60. The second-order valence-corrected chi connectivity index (χ2v) is 4.45. The van der Waals surface area contributed by atoms with Gasteiger partial charge < -0.3 is 5.32 Å². The first-order valence-corrected chi connectivity index (χ1v) is 5.99. The van der Waals surface area contributed by atoms with Crippen molar-refractivity contribution in [3.05, 3.63) is 54.2 Å². The number of hydrogen-bond donors (Lipinski definition) is 1. The van der Waals surface area contributed by atoms with Crippen LogP contribution in [0.15, 0.2) is 48.7 Å². The van der Waals surface area contributed by atoms with Gasteiger partial charge in [0.05, 0.1) is 5.69 Å². The summed E-state index contributed by atoms with van der Waals surface area (Å²) in [7, 11) is 0. The lowest BCUT2D eigenvalue weighted by molar-refractivity contribution is 0.589. The van der Waals surface area contributed by atoms with E-state index in [-0.39, 0.29) is 0 Å². The van der Waals surface area contributed by atoms with E-state index in [4.69, 9.17) is 0 Å². The Morgan fingerprint density at radius 1 is 1.12 bits per heavy atom. The van der Waals surface area contributed by atoms with Crippen molar-refractivity contribution in [2.24, 2.45) is 0 Å². The predicted molar refractivity (Wildman–Crippen MR) is 71.6 cm³/mol. The molecule has 17 heavy (non-hydrogen) atoms. The quantitative estimate of drug-likeness (QED) is 0.865. The van der Waals surface area contributed by atoms with Gasteiger partial charge in [-0.25, -0.2) is 0 Å². The molecule has 0 bridgehead atoms. The Morgan fingerprint density at radius 2 is 2.00 bits per heavy atom. The van der Waals surface area contributed by atoms with E-state index in [9.17, 15) is 0 Å². The minimum atomic E-state index is 0.508. The van der Waals surface area contributed by atoms with Crippen LogP contribution in [-0.2, 0) is 6.54 Å². The number of nitrogens with zero attached hydrogens (tertiary/aromatic N) is 1. The molecular formula is C15H18N2. The molecular weight excluding hydrogens is 208 g/mol. The minimum Gasteiger partial charge on any atom is -0.310 e. The van der Waals surface area contributed by atoms with Crippen LogP contribution in [0.1, 0.15) is 19.4 Å². The molecule has 2 aromatic rings. The Balaban J connectivity index is 2.17. The third kappa shape index (κ3) is 3.40. The van der Waals surface area contributed by atoms with Gasteiger partial charge in [-0.05, 0) is 23.8 Å². The Morgan fingerprint density at radius 3 is 2.71 bits per heavy atom. The molecule has 0 aliphatic carbocycles. The topological polar surface area (TPSA) is 24.9 Å². The van der Waals surface area contributed by atoms with Crippen LogP contribution in [0, 0.1) is 0 Å². The Hall–Kier alpha value is -1.67. The summed E-state index contributed by atoms with van der Waals surface area (Å²) in [6.07, 6.45) is 1.83. The van der Waals surface area contributed by atoms with Crippen molar-refractivity contribution >= 4 is 0 Å². The molecule has 1 N–H and O–H groups in total. The van der Waals surface area contributed by atoms with Gasteiger partial charge in [0.15, 0.2) is 0 Å². The van der Waals surface area contributed by atoms with E-state index in [1.54, 1.807) is 0 Å². The van der Waals surface area contributed by atoms with E-state index in [0.717, 1.165) is 12.2 Å². The van der Waals surface area contributed by atoms with Crippen LogP contribution >= 0.6 is 0 Å². The van der Waals surface area contributed by atoms with Crippen LogP contribution < -0.4 is 5.32 Å². The molecule has 2 nitrogen and oxygen atoms in total. The van der Waals surface area contributed by atoms with E-state index in [1.165, 1.54) is 11.1 Å². The van der Waals surface area contributed by atoms with Gasteiger partial charge >= 0.3 is 0 Å². The van der Waals surface area contributed by atoms with Crippen molar-refractivity contribution in [2.75, 3.05) is 0 Å². The summed E-state index contributed by atoms with van der Waals surface area (Å²) in [4.78, 5) is 4.36. The molecule has 0 radical (unpaired) electrons. The van der Waals surface area contributed by atoms with Gasteiger partial charge in [0.25, 0.3) is 0 Å². The molecule has 0 amide bonds. The molecule has 0 fully saturated rings. The van der Waals surface area contributed by atoms with Crippen molar-refractivity contribution in [3.8, 4) is 11.3 Å². The predicted octanol–water partition coefficient (Wildman–Crippen LogP) is 3.25. The Kier molecular flexibility index (Phi) is 3.89. The van der Waals surface area contributed by atoms with Crippen molar-refractivity contribution < 1.29 is 0 Å². The number of rotatable bonds is 4. The lowest BCUT2D eigenvalue weighted by atomic mass is 10.1. The average Bonchev–Trinajstić information content (AvgIpc) is 2.38. The minimum absolute atomic E-state index is 0.508. The average molecular weight is 226 g/mol. The number of pyridine rings is 1. The molecule has 0 saturated carbocycles. The van der Waals surface area contributed by atoms with E-state index in [2.05, 4.69) is 48.4 Å². The smallest absolute Gasteiger partial charge is 0.0702 e. The first-order chi connectivity index (χ1) is 8.25. The number of aromatic nitrogens is 1. The molecule has 0 aliphatic heterocycles. The van der Waals surface area contributed by atoms with E-state index < -0.39 is 0 Å². The fraction of sp³-hybridized carbons (Fsp3) is 0.267. The molecule has 1 aromatic heterocycles. The molecule has 2 heteroatoms. The zero-order valence-electron chi connectivity index (χ0n) is 10.4. The van der Waals surface area contributed by atoms with Gasteiger partial charge in [-0.2, -0.15) is 0 Å². The van der Waals surface area contributed by atoms with Crippen LogP contribution in [0.3, 0.4) is 0 Å². The van der Waals surface area contributed by atoms with Crippen LogP contribution in [-0.4, -0.2) is 11.0 Å². The fourth-order valence-electron chi connectivity index (χ4n) is 1.70. The van der Waals surface area contributed by atoms with Gasteiger partial charge in [-0.15, -0.1) is 0 Å².